The molecule has 3 rings (SSSR count). The van der Waals surface area contributed by atoms with E-state index in [0.717, 1.165) is 0 Å². The van der Waals surface area contributed by atoms with E-state index in [0.29, 0.717) is 27.7 Å². The first-order chi connectivity index (χ1) is 9.97. The van der Waals surface area contributed by atoms with Gasteiger partial charge in [-0.1, -0.05) is 23.2 Å². The van der Waals surface area contributed by atoms with E-state index in [4.69, 9.17) is 34.8 Å². The minimum absolute atomic E-state index is 0.0245. The summed E-state index contributed by atoms with van der Waals surface area (Å²) in [5, 5.41) is 0.149. The van der Waals surface area contributed by atoms with Gasteiger partial charge in [0, 0.05) is 6.20 Å². The highest BCUT2D eigenvalue weighted by Gasteiger charge is 2.18. The Balaban J connectivity index is 2.33. The fraction of sp³-hybridized carbons (Fsp3) is 0.143. The third-order valence-electron chi connectivity index (χ3n) is 3.01. The lowest BCUT2D eigenvalue weighted by atomic mass is 10.3. The van der Waals surface area contributed by atoms with Gasteiger partial charge in [-0.3, -0.25) is 4.57 Å². The number of rotatable bonds is 2. The average molecular weight is 345 g/mol. The molecule has 0 N–H and O–H groups in total. The Bertz CT molecular complexity index is 830. The molecule has 1 aromatic carbocycles. The van der Waals surface area contributed by atoms with Crippen molar-refractivity contribution < 1.29 is 4.39 Å². The van der Waals surface area contributed by atoms with Crippen molar-refractivity contribution in [2.45, 2.75) is 12.3 Å². The van der Waals surface area contributed by atoms with Crippen LogP contribution in [0, 0.1) is 5.82 Å². The SMILES string of the molecule is CC(Cl)c1nc2cc(Cl)cnc2n1-c1ccc(F)c(Cl)c1. The first-order valence-electron chi connectivity index (χ1n) is 6.11. The first-order valence-corrected chi connectivity index (χ1v) is 7.30. The van der Waals surface area contributed by atoms with E-state index in [1.165, 1.54) is 18.3 Å². The summed E-state index contributed by atoms with van der Waals surface area (Å²) in [5.41, 5.74) is 1.84. The van der Waals surface area contributed by atoms with E-state index in [1.54, 1.807) is 23.6 Å². The van der Waals surface area contributed by atoms with E-state index in [-0.39, 0.29) is 10.4 Å². The number of fused-ring (bicyclic) bond motifs is 1. The minimum Gasteiger partial charge on any atom is -0.279 e. The van der Waals surface area contributed by atoms with Gasteiger partial charge in [0.2, 0.25) is 0 Å². The number of hydrogen-bond donors (Lipinski definition) is 0. The Hall–Kier alpha value is -1.36. The van der Waals surface area contributed by atoms with E-state index in [2.05, 4.69) is 9.97 Å². The van der Waals surface area contributed by atoms with Gasteiger partial charge in [-0.25, -0.2) is 14.4 Å². The molecule has 0 aliphatic carbocycles. The van der Waals surface area contributed by atoms with Gasteiger partial charge in [-0.15, -0.1) is 11.6 Å². The van der Waals surface area contributed by atoms with E-state index < -0.39 is 5.82 Å². The van der Waals surface area contributed by atoms with Crippen molar-refractivity contribution in [1.29, 1.82) is 0 Å². The summed E-state index contributed by atoms with van der Waals surface area (Å²) in [6.45, 7) is 1.80. The molecular weight excluding hydrogens is 336 g/mol. The predicted octanol–water partition coefficient (Wildman–Crippen LogP) is 5.17. The lowest BCUT2D eigenvalue weighted by Crippen LogP contribution is -2.03. The molecule has 7 heteroatoms. The van der Waals surface area contributed by atoms with Crippen LogP contribution in [0.2, 0.25) is 10.0 Å². The Morgan fingerprint density at radius 3 is 2.67 bits per heavy atom. The zero-order chi connectivity index (χ0) is 15.1. The van der Waals surface area contributed by atoms with Gasteiger partial charge in [0.25, 0.3) is 0 Å². The van der Waals surface area contributed by atoms with Crippen LogP contribution in [0.4, 0.5) is 4.39 Å². The number of nitrogens with zero attached hydrogens (tertiary/aromatic N) is 3. The van der Waals surface area contributed by atoms with Crippen molar-refractivity contribution in [3.8, 4) is 5.69 Å². The standard InChI is InChI=1S/C14H9Cl3FN3/c1-7(15)13-20-12-4-8(16)6-19-14(12)21(13)9-2-3-11(18)10(17)5-9/h2-7H,1H3. The maximum atomic E-state index is 13.4. The van der Waals surface area contributed by atoms with E-state index in [1.807, 2.05) is 0 Å². The molecule has 3 nitrogen and oxygen atoms in total. The maximum Gasteiger partial charge on any atom is 0.164 e. The molecule has 0 saturated carbocycles. The number of alkyl halides is 1. The van der Waals surface area contributed by atoms with E-state index in [9.17, 15) is 4.39 Å². The molecule has 0 saturated heterocycles. The molecule has 0 bridgehead atoms. The number of benzene rings is 1. The summed E-state index contributed by atoms with van der Waals surface area (Å²) in [4.78, 5) is 8.73. The second-order valence-electron chi connectivity index (χ2n) is 4.52. The largest absolute Gasteiger partial charge is 0.279 e. The van der Waals surface area contributed by atoms with Crippen molar-refractivity contribution in [3.05, 3.63) is 52.1 Å². The van der Waals surface area contributed by atoms with Crippen LogP contribution >= 0.6 is 34.8 Å². The van der Waals surface area contributed by atoms with Crippen LogP contribution in [0.15, 0.2) is 30.5 Å². The second kappa shape index (κ2) is 5.44. The Morgan fingerprint density at radius 2 is 2.00 bits per heavy atom. The lowest BCUT2D eigenvalue weighted by Gasteiger charge is -2.10. The Kier molecular flexibility index (Phi) is 3.78. The minimum atomic E-state index is -0.485. The highest BCUT2D eigenvalue weighted by molar-refractivity contribution is 6.31. The van der Waals surface area contributed by atoms with Crippen molar-refractivity contribution in [3.63, 3.8) is 0 Å². The van der Waals surface area contributed by atoms with Gasteiger partial charge < -0.3 is 0 Å². The summed E-state index contributed by atoms with van der Waals surface area (Å²) in [6.07, 6.45) is 1.52. The molecule has 0 amide bonds. The normalized spacial score (nSPS) is 12.8. The predicted molar refractivity (Wildman–Crippen MR) is 83.1 cm³/mol. The molecule has 1 atom stereocenters. The smallest absolute Gasteiger partial charge is 0.164 e. The van der Waals surface area contributed by atoms with Crippen LogP contribution in [-0.2, 0) is 0 Å². The molecule has 2 aromatic heterocycles. The fourth-order valence-electron chi connectivity index (χ4n) is 2.10. The fourth-order valence-corrected chi connectivity index (χ4v) is 2.58. The molecular formula is C14H9Cl3FN3. The molecule has 2 heterocycles. The van der Waals surface area contributed by atoms with Crippen LogP contribution in [0.1, 0.15) is 18.1 Å². The van der Waals surface area contributed by atoms with Crippen molar-refractivity contribution in [2.75, 3.05) is 0 Å². The Labute approximate surface area is 135 Å². The number of halogens is 4. The zero-order valence-electron chi connectivity index (χ0n) is 10.8. The average Bonchev–Trinajstić information content (AvgIpc) is 2.80. The summed E-state index contributed by atoms with van der Waals surface area (Å²) in [5.74, 6) is 0.102. The number of pyridine rings is 1. The zero-order valence-corrected chi connectivity index (χ0v) is 13.1. The van der Waals surface area contributed by atoms with E-state index >= 15 is 0 Å². The quantitative estimate of drug-likeness (QED) is 0.601. The molecule has 0 spiro atoms. The third-order valence-corrected chi connectivity index (χ3v) is 3.70. The highest BCUT2D eigenvalue weighted by Crippen LogP contribution is 2.29. The third kappa shape index (κ3) is 2.59. The molecule has 0 fully saturated rings. The van der Waals surface area contributed by atoms with Crippen LogP contribution in [-0.4, -0.2) is 14.5 Å². The second-order valence-corrected chi connectivity index (χ2v) is 6.01. The molecule has 108 valence electrons. The summed E-state index contributed by atoms with van der Waals surface area (Å²) < 4.78 is 15.1. The lowest BCUT2D eigenvalue weighted by molar-refractivity contribution is 0.627. The Morgan fingerprint density at radius 1 is 1.24 bits per heavy atom. The van der Waals surface area contributed by atoms with Crippen LogP contribution < -0.4 is 0 Å². The molecule has 21 heavy (non-hydrogen) atoms. The summed E-state index contributed by atoms with van der Waals surface area (Å²) >= 11 is 18.0. The molecule has 0 radical (unpaired) electrons. The molecule has 0 aliphatic heterocycles. The summed E-state index contributed by atoms with van der Waals surface area (Å²) in [6, 6.07) is 6.11. The number of imidazole rings is 1. The van der Waals surface area contributed by atoms with Gasteiger partial charge in [0.15, 0.2) is 5.65 Å². The van der Waals surface area contributed by atoms with Gasteiger partial charge in [-0.2, -0.15) is 0 Å². The van der Waals surface area contributed by atoms with Gasteiger partial charge in [-0.05, 0) is 31.2 Å². The van der Waals surface area contributed by atoms with Crippen molar-refractivity contribution >= 4 is 46.0 Å². The molecule has 0 aliphatic rings. The number of hydrogen-bond acceptors (Lipinski definition) is 2. The molecule has 1 unspecified atom stereocenters. The van der Waals surface area contributed by atoms with Gasteiger partial charge in [0.05, 0.1) is 21.1 Å². The summed E-state index contributed by atoms with van der Waals surface area (Å²) in [7, 11) is 0. The first kappa shape index (κ1) is 14.6. The van der Waals surface area contributed by atoms with Crippen LogP contribution in [0.5, 0.6) is 0 Å². The number of aromatic nitrogens is 3. The van der Waals surface area contributed by atoms with Crippen molar-refractivity contribution in [2.24, 2.45) is 0 Å². The van der Waals surface area contributed by atoms with Gasteiger partial charge >= 0.3 is 0 Å². The van der Waals surface area contributed by atoms with Crippen LogP contribution in [0.25, 0.3) is 16.9 Å². The highest BCUT2D eigenvalue weighted by atomic mass is 35.5. The monoisotopic (exact) mass is 343 g/mol. The van der Waals surface area contributed by atoms with Crippen molar-refractivity contribution in [1.82, 2.24) is 14.5 Å². The topological polar surface area (TPSA) is 30.7 Å². The maximum absolute atomic E-state index is 13.4. The molecule has 3 aromatic rings. The van der Waals surface area contributed by atoms with Gasteiger partial charge in [0.1, 0.15) is 17.2 Å². The van der Waals surface area contributed by atoms with Crippen LogP contribution in [0.3, 0.4) is 0 Å².